The minimum Gasteiger partial charge on any atom is -0.362 e. The van der Waals surface area contributed by atoms with Crippen molar-refractivity contribution >= 4 is 27.4 Å². The standard InChI is InChI=1S/C17H21N3S/c1-2-3-4-7-10-18-17-20-16(12-21-17)14-11-19-15-9-6-5-8-13(14)15/h5-6,8-9,11-12,19H,2-4,7,10H2,1H3,(H,18,20). The van der Waals surface area contributed by atoms with Gasteiger partial charge in [-0.3, -0.25) is 0 Å². The Morgan fingerprint density at radius 3 is 3.00 bits per heavy atom. The number of aromatic nitrogens is 2. The highest BCUT2D eigenvalue weighted by atomic mass is 32.1. The van der Waals surface area contributed by atoms with Gasteiger partial charge in [0.1, 0.15) is 0 Å². The van der Waals surface area contributed by atoms with Crippen LogP contribution in [-0.4, -0.2) is 16.5 Å². The quantitative estimate of drug-likeness (QED) is 0.582. The third kappa shape index (κ3) is 3.27. The van der Waals surface area contributed by atoms with Gasteiger partial charge >= 0.3 is 0 Å². The van der Waals surface area contributed by atoms with E-state index in [9.17, 15) is 0 Å². The smallest absolute Gasteiger partial charge is 0.183 e. The Balaban J connectivity index is 1.67. The van der Waals surface area contributed by atoms with Crippen LogP contribution in [-0.2, 0) is 0 Å². The monoisotopic (exact) mass is 299 g/mol. The molecule has 0 aliphatic rings. The molecule has 0 fully saturated rings. The highest BCUT2D eigenvalue weighted by molar-refractivity contribution is 7.14. The van der Waals surface area contributed by atoms with Crippen molar-refractivity contribution in [1.29, 1.82) is 0 Å². The first-order chi connectivity index (χ1) is 10.4. The Morgan fingerprint density at radius 1 is 1.19 bits per heavy atom. The summed E-state index contributed by atoms with van der Waals surface area (Å²) in [5.41, 5.74) is 3.39. The van der Waals surface area contributed by atoms with Crippen LogP contribution >= 0.6 is 11.3 Å². The number of H-pyrrole nitrogens is 1. The van der Waals surface area contributed by atoms with Crippen molar-refractivity contribution in [1.82, 2.24) is 9.97 Å². The molecule has 2 N–H and O–H groups in total. The summed E-state index contributed by atoms with van der Waals surface area (Å²) in [6, 6.07) is 8.35. The number of rotatable bonds is 7. The van der Waals surface area contributed by atoms with Gasteiger partial charge in [-0.2, -0.15) is 0 Å². The first kappa shape index (κ1) is 14.1. The Labute approximate surface area is 129 Å². The lowest BCUT2D eigenvalue weighted by Crippen LogP contribution is -2.00. The first-order valence-corrected chi connectivity index (χ1v) is 8.52. The lowest BCUT2D eigenvalue weighted by atomic mass is 10.1. The van der Waals surface area contributed by atoms with Gasteiger partial charge in [-0.1, -0.05) is 44.4 Å². The zero-order valence-electron chi connectivity index (χ0n) is 12.4. The van der Waals surface area contributed by atoms with Gasteiger partial charge in [0.05, 0.1) is 5.69 Å². The average molecular weight is 299 g/mol. The van der Waals surface area contributed by atoms with Crippen LogP contribution in [0.1, 0.15) is 32.6 Å². The van der Waals surface area contributed by atoms with Crippen LogP contribution in [0.2, 0.25) is 0 Å². The minimum atomic E-state index is 1.01. The van der Waals surface area contributed by atoms with Crippen molar-refractivity contribution in [2.24, 2.45) is 0 Å². The van der Waals surface area contributed by atoms with Crippen LogP contribution in [0.3, 0.4) is 0 Å². The predicted octanol–water partition coefficient (Wildman–Crippen LogP) is 5.28. The summed E-state index contributed by atoms with van der Waals surface area (Å²) in [7, 11) is 0. The molecule has 0 aliphatic carbocycles. The summed E-state index contributed by atoms with van der Waals surface area (Å²) in [5, 5.41) is 7.81. The van der Waals surface area contributed by atoms with E-state index in [0.717, 1.165) is 22.9 Å². The van der Waals surface area contributed by atoms with Crippen LogP contribution in [0.15, 0.2) is 35.8 Å². The zero-order chi connectivity index (χ0) is 14.5. The summed E-state index contributed by atoms with van der Waals surface area (Å²) in [6.07, 6.45) is 7.16. The van der Waals surface area contributed by atoms with Gasteiger partial charge in [0.25, 0.3) is 0 Å². The molecule has 21 heavy (non-hydrogen) atoms. The number of hydrogen-bond acceptors (Lipinski definition) is 3. The van der Waals surface area contributed by atoms with Gasteiger partial charge in [-0.15, -0.1) is 11.3 Å². The summed E-state index contributed by atoms with van der Waals surface area (Å²) in [6.45, 7) is 3.25. The minimum absolute atomic E-state index is 1.01. The molecule has 3 nitrogen and oxygen atoms in total. The molecule has 0 atom stereocenters. The molecular weight excluding hydrogens is 278 g/mol. The summed E-state index contributed by atoms with van der Waals surface area (Å²) in [4.78, 5) is 8.01. The van der Waals surface area contributed by atoms with Crippen LogP contribution in [0.5, 0.6) is 0 Å². The first-order valence-electron chi connectivity index (χ1n) is 7.64. The SMILES string of the molecule is CCCCCCNc1nc(-c2c[nH]c3ccccc23)cs1. The fourth-order valence-electron chi connectivity index (χ4n) is 2.51. The molecule has 4 heteroatoms. The molecule has 2 heterocycles. The van der Waals surface area contributed by atoms with Crippen molar-refractivity contribution in [2.45, 2.75) is 32.6 Å². The zero-order valence-corrected chi connectivity index (χ0v) is 13.2. The third-order valence-electron chi connectivity index (χ3n) is 3.68. The molecule has 0 radical (unpaired) electrons. The fourth-order valence-corrected chi connectivity index (χ4v) is 3.25. The lowest BCUT2D eigenvalue weighted by molar-refractivity contribution is 0.685. The van der Waals surface area contributed by atoms with E-state index in [2.05, 4.69) is 40.8 Å². The fraction of sp³-hybridized carbons (Fsp3) is 0.353. The van der Waals surface area contributed by atoms with Crippen LogP contribution in [0.4, 0.5) is 5.13 Å². The maximum atomic E-state index is 4.71. The molecule has 0 amide bonds. The Hall–Kier alpha value is -1.81. The van der Waals surface area contributed by atoms with Crippen LogP contribution < -0.4 is 5.32 Å². The number of para-hydroxylation sites is 1. The molecule has 3 aromatic rings. The van der Waals surface area contributed by atoms with Gasteiger partial charge in [0, 0.05) is 34.6 Å². The Kier molecular flexibility index (Phi) is 4.55. The number of unbranched alkanes of at least 4 members (excludes halogenated alkanes) is 3. The van der Waals surface area contributed by atoms with E-state index in [1.807, 2.05) is 12.3 Å². The molecule has 3 rings (SSSR count). The normalized spacial score (nSPS) is 11.1. The summed E-state index contributed by atoms with van der Waals surface area (Å²) >= 11 is 1.68. The molecule has 0 bridgehead atoms. The van der Waals surface area contributed by atoms with Gasteiger partial charge in [0.2, 0.25) is 0 Å². The lowest BCUT2D eigenvalue weighted by Gasteiger charge is -2.01. The molecule has 0 saturated carbocycles. The topological polar surface area (TPSA) is 40.7 Å². The molecular formula is C17H21N3S. The second kappa shape index (κ2) is 6.76. The number of fused-ring (bicyclic) bond motifs is 1. The van der Waals surface area contributed by atoms with Gasteiger partial charge in [-0.05, 0) is 12.5 Å². The van der Waals surface area contributed by atoms with Crippen molar-refractivity contribution in [3.05, 3.63) is 35.8 Å². The number of thiazole rings is 1. The largest absolute Gasteiger partial charge is 0.362 e. The second-order valence-corrected chi connectivity index (χ2v) is 6.13. The molecule has 1 aromatic carbocycles. The Bertz CT molecular complexity index is 699. The highest BCUT2D eigenvalue weighted by Crippen LogP contribution is 2.30. The highest BCUT2D eigenvalue weighted by Gasteiger charge is 2.09. The number of nitrogens with zero attached hydrogens (tertiary/aromatic N) is 1. The van der Waals surface area contributed by atoms with Crippen molar-refractivity contribution in [3.63, 3.8) is 0 Å². The van der Waals surface area contributed by atoms with E-state index in [1.54, 1.807) is 11.3 Å². The van der Waals surface area contributed by atoms with Crippen molar-refractivity contribution in [2.75, 3.05) is 11.9 Å². The van der Waals surface area contributed by atoms with Crippen LogP contribution in [0.25, 0.3) is 22.2 Å². The Morgan fingerprint density at radius 2 is 2.10 bits per heavy atom. The number of hydrogen-bond donors (Lipinski definition) is 2. The van der Waals surface area contributed by atoms with E-state index in [4.69, 9.17) is 4.98 Å². The average Bonchev–Trinajstić information content (AvgIpc) is 3.13. The van der Waals surface area contributed by atoms with Crippen molar-refractivity contribution in [3.8, 4) is 11.3 Å². The number of benzene rings is 1. The second-order valence-electron chi connectivity index (χ2n) is 5.27. The molecule has 0 aliphatic heterocycles. The number of anilines is 1. The van der Waals surface area contributed by atoms with Gasteiger partial charge in [-0.25, -0.2) is 4.98 Å². The third-order valence-corrected chi connectivity index (χ3v) is 4.48. The molecule has 0 spiro atoms. The number of aromatic amines is 1. The van der Waals surface area contributed by atoms with E-state index in [-0.39, 0.29) is 0 Å². The molecule has 0 unspecified atom stereocenters. The van der Waals surface area contributed by atoms with Crippen molar-refractivity contribution < 1.29 is 0 Å². The van der Waals surface area contributed by atoms with E-state index in [1.165, 1.54) is 36.6 Å². The maximum absolute atomic E-state index is 4.71. The molecule has 110 valence electrons. The predicted molar refractivity (Wildman–Crippen MR) is 92.0 cm³/mol. The van der Waals surface area contributed by atoms with E-state index < -0.39 is 0 Å². The van der Waals surface area contributed by atoms with Crippen LogP contribution in [0, 0.1) is 0 Å². The van der Waals surface area contributed by atoms with Gasteiger partial charge in [0.15, 0.2) is 5.13 Å². The van der Waals surface area contributed by atoms with E-state index >= 15 is 0 Å². The van der Waals surface area contributed by atoms with E-state index in [0.29, 0.717) is 0 Å². The summed E-state index contributed by atoms with van der Waals surface area (Å²) < 4.78 is 0. The van der Waals surface area contributed by atoms with Gasteiger partial charge < -0.3 is 10.3 Å². The number of nitrogens with one attached hydrogen (secondary N) is 2. The maximum Gasteiger partial charge on any atom is 0.183 e. The summed E-state index contributed by atoms with van der Waals surface area (Å²) in [5.74, 6) is 0. The molecule has 0 saturated heterocycles. The molecule has 2 aromatic heterocycles.